The van der Waals surface area contributed by atoms with Gasteiger partial charge in [0.05, 0.1) is 11.5 Å². The van der Waals surface area contributed by atoms with Crippen molar-refractivity contribution in [3.05, 3.63) is 70.5 Å². The van der Waals surface area contributed by atoms with Gasteiger partial charge in [-0.1, -0.05) is 5.16 Å². The van der Waals surface area contributed by atoms with Gasteiger partial charge < -0.3 is 9.26 Å². The summed E-state index contributed by atoms with van der Waals surface area (Å²) >= 11 is 0. The van der Waals surface area contributed by atoms with E-state index in [0.29, 0.717) is 29.6 Å². The molecule has 4 aromatic rings. The highest BCUT2D eigenvalue weighted by atomic mass is 16.6. The SMILES string of the molecule is CCn1nnc(-c2ccc(OCc3cc(-c4ccc([N+](=O)[O-])cc4)no3)cc2)n1. The molecule has 0 spiro atoms. The molecule has 10 nitrogen and oxygen atoms in total. The van der Waals surface area contributed by atoms with Crippen molar-refractivity contribution in [3.8, 4) is 28.4 Å². The maximum atomic E-state index is 10.7. The Morgan fingerprint density at radius 1 is 1.10 bits per heavy atom. The van der Waals surface area contributed by atoms with Gasteiger partial charge in [-0.2, -0.15) is 4.80 Å². The molecule has 2 aromatic carbocycles. The first-order valence-corrected chi connectivity index (χ1v) is 8.84. The molecule has 2 heterocycles. The number of rotatable bonds is 7. The predicted molar refractivity (Wildman–Crippen MR) is 102 cm³/mol. The number of hydrogen-bond acceptors (Lipinski definition) is 8. The quantitative estimate of drug-likeness (QED) is 0.346. The van der Waals surface area contributed by atoms with Crippen molar-refractivity contribution >= 4 is 5.69 Å². The van der Waals surface area contributed by atoms with Gasteiger partial charge in [-0.15, -0.1) is 10.2 Å². The molecule has 0 amide bonds. The monoisotopic (exact) mass is 392 g/mol. The van der Waals surface area contributed by atoms with Crippen LogP contribution < -0.4 is 4.74 Å². The molecule has 0 radical (unpaired) electrons. The topological polar surface area (TPSA) is 122 Å². The minimum absolute atomic E-state index is 0.0247. The van der Waals surface area contributed by atoms with Crippen LogP contribution in [0.15, 0.2) is 59.1 Å². The van der Waals surface area contributed by atoms with E-state index in [1.165, 1.54) is 16.9 Å². The Bertz CT molecular complexity index is 1120. The molecule has 29 heavy (non-hydrogen) atoms. The van der Waals surface area contributed by atoms with E-state index in [4.69, 9.17) is 9.26 Å². The van der Waals surface area contributed by atoms with Crippen molar-refractivity contribution in [1.29, 1.82) is 0 Å². The summed E-state index contributed by atoms with van der Waals surface area (Å²) in [6, 6.07) is 15.2. The number of benzene rings is 2. The molecule has 0 saturated carbocycles. The molecular formula is C19H16N6O4. The highest BCUT2D eigenvalue weighted by Gasteiger charge is 2.10. The lowest BCUT2D eigenvalue weighted by molar-refractivity contribution is -0.384. The van der Waals surface area contributed by atoms with E-state index in [1.54, 1.807) is 18.2 Å². The minimum Gasteiger partial charge on any atom is -0.486 e. The molecule has 0 aliphatic rings. The molecular weight excluding hydrogens is 376 g/mol. The molecule has 10 heteroatoms. The number of non-ortho nitro benzene ring substituents is 1. The highest BCUT2D eigenvalue weighted by Crippen LogP contribution is 2.24. The Morgan fingerprint density at radius 2 is 1.83 bits per heavy atom. The minimum atomic E-state index is -0.445. The summed E-state index contributed by atoms with van der Waals surface area (Å²) in [5.41, 5.74) is 2.18. The van der Waals surface area contributed by atoms with Gasteiger partial charge in [0.15, 0.2) is 5.76 Å². The second-order valence-electron chi connectivity index (χ2n) is 6.10. The van der Waals surface area contributed by atoms with Gasteiger partial charge in [0.1, 0.15) is 18.1 Å². The fourth-order valence-electron chi connectivity index (χ4n) is 2.62. The van der Waals surface area contributed by atoms with Crippen molar-refractivity contribution in [2.75, 3.05) is 0 Å². The van der Waals surface area contributed by atoms with E-state index in [1.807, 2.05) is 31.2 Å². The summed E-state index contributed by atoms with van der Waals surface area (Å²) < 4.78 is 11.0. The zero-order valence-electron chi connectivity index (χ0n) is 15.4. The summed E-state index contributed by atoms with van der Waals surface area (Å²) in [6.07, 6.45) is 0. The van der Waals surface area contributed by atoms with Gasteiger partial charge in [-0.3, -0.25) is 10.1 Å². The molecule has 0 saturated heterocycles. The van der Waals surface area contributed by atoms with Crippen molar-refractivity contribution in [1.82, 2.24) is 25.4 Å². The van der Waals surface area contributed by atoms with Crippen LogP contribution in [0.5, 0.6) is 5.75 Å². The van der Waals surface area contributed by atoms with Crippen LogP contribution in [0.2, 0.25) is 0 Å². The van der Waals surface area contributed by atoms with Crippen molar-refractivity contribution in [2.24, 2.45) is 0 Å². The predicted octanol–water partition coefficient (Wildman–Crippen LogP) is 3.50. The lowest BCUT2D eigenvalue weighted by Crippen LogP contribution is -1.98. The Labute approximate surface area is 164 Å². The normalized spacial score (nSPS) is 10.8. The largest absolute Gasteiger partial charge is 0.486 e. The van der Waals surface area contributed by atoms with E-state index in [-0.39, 0.29) is 12.3 Å². The lowest BCUT2D eigenvalue weighted by Gasteiger charge is -2.03. The number of nitro benzene ring substituents is 1. The molecule has 0 fully saturated rings. The first-order valence-electron chi connectivity index (χ1n) is 8.84. The van der Waals surface area contributed by atoms with E-state index in [0.717, 1.165) is 11.1 Å². The summed E-state index contributed by atoms with van der Waals surface area (Å²) in [4.78, 5) is 11.8. The standard InChI is InChI=1S/C19H16N6O4/c1-2-24-21-19(20-23-24)14-5-9-16(10-6-14)28-12-17-11-18(22-29-17)13-3-7-15(8-4-13)25(26)27/h3-11H,2,12H2,1H3. The molecule has 0 bridgehead atoms. The number of ether oxygens (including phenoxy) is 1. The van der Waals surface area contributed by atoms with E-state index in [2.05, 4.69) is 20.6 Å². The van der Waals surface area contributed by atoms with Crippen molar-refractivity contribution in [3.63, 3.8) is 0 Å². The van der Waals surface area contributed by atoms with Gasteiger partial charge in [0.25, 0.3) is 5.69 Å². The molecule has 0 atom stereocenters. The Kier molecular flexibility index (Phi) is 4.97. The first kappa shape index (κ1) is 18.3. The highest BCUT2D eigenvalue weighted by molar-refractivity contribution is 5.60. The molecule has 0 unspecified atom stereocenters. The smallest absolute Gasteiger partial charge is 0.269 e. The first-order chi connectivity index (χ1) is 14.1. The fourth-order valence-corrected chi connectivity index (χ4v) is 2.62. The third kappa shape index (κ3) is 4.10. The second kappa shape index (κ2) is 7.89. The number of aromatic nitrogens is 5. The maximum Gasteiger partial charge on any atom is 0.269 e. The van der Waals surface area contributed by atoms with E-state index < -0.39 is 4.92 Å². The van der Waals surface area contributed by atoms with Crippen LogP contribution in [0.3, 0.4) is 0 Å². The van der Waals surface area contributed by atoms with Crippen LogP contribution in [0.4, 0.5) is 5.69 Å². The molecule has 2 aromatic heterocycles. The van der Waals surface area contributed by atoms with Crippen molar-refractivity contribution < 1.29 is 14.2 Å². The van der Waals surface area contributed by atoms with E-state index >= 15 is 0 Å². The maximum absolute atomic E-state index is 10.7. The average Bonchev–Trinajstić information content (AvgIpc) is 3.42. The van der Waals surface area contributed by atoms with Crippen LogP contribution in [0.1, 0.15) is 12.7 Å². The van der Waals surface area contributed by atoms with Gasteiger partial charge >= 0.3 is 0 Å². The number of aryl methyl sites for hydroxylation is 1. The summed E-state index contributed by atoms with van der Waals surface area (Å²) in [5.74, 6) is 1.75. The molecule has 4 rings (SSSR count). The Hall–Kier alpha value is -4.08. The second-order valence-corrected chi connectivity index (χ2v) is 6.10. The summed E-state index contributed by atoms with van der Waals surface area (Å²) in [6.45, 7) is 2.80. The van der Waals surface area contributed by atoms with Crippen LogP contribution >= 0.6 is 0 Å². The third-order valence-electron chi connectivity index (χ3n) is 4.16. The Balaban J connectivity index is 1.38. The number of hydrogen-bond donors (Lipinski definition) is 0. The number of nitrogens with zero attached hydrogens (tertiary/aromatic N) is 6. The molecule has 146 valence electrons. The van der Waals surface area contributed by atoms with Gasteiger partial charge in [-0.05, 0) is 48.5 Å². The lowest BCUT2D eigenvalue weighted by atomic mass is 10.1. The molecule has 0 N–H and O–H groups in total. The zero-order chi connectivity index (χ0) is 20.2. The number of tetrazole rings is 1. The fraction of sp³-hybridized carbons (Fsp3) is 0.158. The van der Waals surface area contributed by atoms with Crippen molar-refractivity contribution in [2.45, 2.75) is 20.1 Å². The third-order valence-corrected chi connectivity index (χ3v) is 4.16. The molecule has 0 aliphatic heterocycles. The summed E-state index contributed by atoms with van der Waals surface area (Å²) in [7, 11) is 0. The summed E-state index contributed by atoms with van der Waals surface area (Å²) in [5, 5.41) is 26.9. The molecule has 0 aliphatic carbocycles. The van der Waals surface area contributed by atoms with E-state index in [9.17, 15) is 10.1 Å². The van der Waals surface area contributed by atoms with Gasteiger partial charge in [0.2, 0.25) is 5.82 Å². The van der Waals surface area contributed by atoms with Crippen LogP contribution in [0.25, 0.3) is 22.6 Å². The Morgan fingerprint density at radius 3 is 2.48 bits per heavy atom. The van der Waals surface area contributed by atoms with Crippen LogP contribution in [0, 0.1) is 10.1 Å². The van der Waals surface area contributed by atoms with Gasteiger partial charge in [-0.25, -0.2) is 0 Å². The number of nitro groups is 1. The van der Waals surface area contributed by atoms with Crippen LogP contribution in [-0.4, -0.2) is 30.3 Å². The van der Waals surface area contributed by atoms with Crippen LogP contribution in [-0.2, 0) is 13.2 Å². The average molecular weight is 392 g/mol. The zero-order valence-corrected chi connectivity index (χ0v) is 15.4. The van der Waals surface area contributed by atoms with Gasteiger partial charge in [0, 0.05) is 29.3 Å².